The highest BCUT2D eigenvalue weighted by atomic mass is 32.2. The van der Waals surface area contributed by atoms with Crippen molar-refractivity contribution in [1.29, 1.82) is 0 Å². The first-order valence-corrected chi connectivity index (χ1v) is 8.86. The molecule has 0 spiro atoms. The molecule has 0 unspecified atom stereocenters. The number of benzene rings is 1. The van der Waals surface area contributed by atoms with Crippen molar-refractivity contribution in [2.75, 3.05) is 6.54 Å². The van der Waals surface area contributed by atoms with Gasteiger partial charge in [-0.15, -0.1) is 0 Å². The van der Waals surface area contributed by atoms with Gasteiger partial charge in [-0.2, -0.15) is 4.31 Å². The van der Waals surface area contributed by atoms with Crippen LogP contribution in [0.3, 0.4) is 0 Å². The number of aliphatic carboxylic acids is 1. The van der Waals surface area contributed by atoms with E-state index in [4.69, 9.17) is 0 Å². The summed E-state index contributed by atoms with van der Waals surface area (Å²) >= 11 is 0. The van der Waals surface area contributed by atoms with Gasteiger partial charge in [0.2, 0.25) is 10.0 Å². The number of hydrogen-bond acceptors (Lipinski definition) is 3. The molecule has 0 amide bonds. The predicted octanol–water partition coefficient (Wildman–Crippen LogP) is 2.47. The first kappa shape index (κ1) is 17.0. The van der Waals surface area contributed by atoms with E-state index in [2.05, 4.69) is 0 Å². The molecule has 5 nitrogen and oxygen atoms in total. The van der Waals surface area contributed by atoms with Gasteiger partial charge in [-0.1, -0.05) is 0 Å². The third-order valence-corrected chi connectivity index (χ3v) is 7.17. The number of nitrogens with zero attached hydrogens (tertiary/aromatic N) is 1. The van der Waals surface area contributed by atoms with Gasteiger partial charge in [0, 0.05) is 6.54 Å². The van der Waals surface area contributed by atoms with Crippen LogP contribution in [0.5, 0.6) is 0 Å². The Morgan fingerprint density at radius 2 is 1.45 bits per heavy atom. The van der Waals surface area contributed by atoms with E-state index in [9.17, 15) is 18.3 Å². The number of carboxylic acids is 1. The largest absolute Gasteiger partial charge is 0.480 e. The van der Waals surface area contributed by atoms with Gasteiger partial charge < -0.3 is 5.11 Å². The van der Waals surface area contributed by atoms with Crippen LogP contribution in [0.4, 0.5) is 0 Å². The van der Waals surface area contributed by atoms with Crippen LogP contribution in [-0.2, 0) is 14.8 Å². The highest BCUT2D eigenvalue weighted by molar-refractivity contribution is 7.89. The molecule has 1 aromatic carbocycles. The lowest BCUT2D eigenvalue weighted by molar-refractivity contribution is -0.140. The fraction of sp³-hybridized carbons (Fsp3) is 0.562. The maximum Gasteiger partial charge on any atom is 0.322 e. The van der Waals surface area contributed by atoms with E-state index >= 15 is 0 Å². The summed E-state index contributed by atoms with van der Waals surface area (Å²) in [5, 5.41) is 9.28. The molecule has 1 aliphatic rings. The molecule has 1 saturated heterocycles. The number of hydrogen-bond donors (Lipinski definition) is 1. The fourth-order valence-electron chi connectivity index (χ4n) is 3.24. The molecular weight excluding hydrogens is 302 g/mol. The maximum absolute atomic E-state index is 13.1. The van der Waals surface area contributed by atoms with Gasteiger partial charge in [0.15, 0.2) is 0 Å². The third-order valence-electron chi connectivity index (χ3n) is 4.99. The summed E-state index contributed by atoms with van der Waals surface area (Å²) in [5.74, 6) is -1.07. The number of sulfonamides is 1. The molecule has 1 heterocycles. The highest BCUT2D eigenvalue weighted by Crippen LogP contribution is 2.34. The van der Waals surface area contributed by atoms with E-state index in [1.165, 1.54) is 0 Å². The molecule has 0 saturated carbocycles. The molecule has 1 aliphatic heterocycles. The average Bonchev–Trinajstić information content (AvgIpc) is 2.93. The molecule has 0 radical (unpaired) electrons. The second-order valence-corrected chi connectivity index (χ2v) is 7.89. The smallest absolute Gasteiger partial charge is 0.322 e. The quantitative estimate of drug-likeness (QED) is 0.926. The molecule has 1 N–H and O–H groups in total. The monoisotopic (exact) mass is 325 g/mol. The van der Waals surface area contributed by atoms with E-state index < -0.39 is 22.0 Å². The molecular formula is C16H23NO4S. The van der Waals surface area contributed by atoms with Crippen LogP contribution >= 0.6 is 0 Å². The topological polar surface area (TPSA) is 74.7 Å². The minimum Gasteiger partial charge on any atom is -0.480 e. The Kier molecular flexibility index (Phi) is 4.37. The lowest BCUT2D eigenvalue weighted by Crippen LogP contribution is -2.41. The van der Waals surface area contributed by atoms with Gasteiger partial charge in [-0.05, 0) is 75.3 Å². The second kappa shape index (κ2) is 5.66. The van der Waals surface area contributed by atoms with Crippen molar-refractivity contribution in [3.63, 3.8) is 0 Å². The van der Waals surface area contributed by atoms with Crippen LogP contribution < -0.4 is 0 Å². The number of carbonyl (C=O) groups is 1. The highest BCUT2D eigenvalue weighted by Gasteiger charge is 2.41. The van der Waals surface area contributed by atoms with Crippen LogP contribution in [0.1, 0.15) is 40.7 Å². The zero-order valence-corrected chi connectivity index (χ0v) is 14.5. The van der Waals surface area contributed by atoms with Crippen molar-refractivity contribution in [3.8, 4) is 0 Å². The Morgan fingerprint density at radius 1 is 1.00 bits per heavy atom. The molecule has 1 atom stereocenters. The second-order valence-electron chi connectivity index (χ2n) is 6.07. The SMILES string of the molecule is Cc1c(C)c(C)c(S(=O)(=O)N2CCC[C@@H]2C(=O)O)c(C)c1C. The summed E-state index contributed by atoms with van der Waals surface area (Å²) in [7, 11) is -3.80. The van der Waals surface area contributed by atoms with Gasteiger partial charge in [-0.25, -0.2) is 8.42 Å². The minimum absolute atomic E-state index is 0.268. The van der Waals surface area contributed by atoms with Crippen LogP contribution in [-0.4, -0.2) is 36.4 Å². The molecule has 122 valence electrons. The van der Waals surface area contributed by atoms with E-state index in [1.54, 1.807) is 13.8 Å². The summed E-state index contributed by atoms with van der Waals surface area (Å²) in [6, 6.07) is -0.953. The van der Waals surface area contributed by atoms with E-state index in [0.717, 1.165) is 32.1 Å². The lowest BCUT2D eigenvalue weighted by Gasteiger charge is -2.25. The molecule has 0 aliphatic carbocycles. The average molecular weight is 325 g/mol. The minimum atomic E-state index is -3.80. The van der Waals surface area contributed by atoms with Gasteiger partial charge in [0.1, 0.15) is 6.04 Å². The first-order valence-electron chi connectivity index (χ1n) is 7.42. The van der Waals surface area contributed by atoms with Crippen LogP contribution in [0.2, 0.25) is 0 Å². The van der Waals surface area contributed by atoms with Crippen molar-refractivity contribution in [2.24, 2.45) is 0 Å². The standard InChI is InChI=1S/C16H23NO4S/c1-9-10(2)12(4)15(13(5)11(9)3)22(20,21)17-8-6-7-14(17)16(18)19/h14H,6-8H2,1-5H3,(H,18,19)/t14-/m1/s1. The molecule has 6 heteroatoms. The Labute approximate surface area is 132 Å². The van der Waals surface area contributed by atoms with E-state index in [1.807, 2.05) is 20.8 Å². The van der Waals surface area contributed by atoms with Crippen molar-refractivity contribution in [2.45, 2.75) is 58.4 Å². The van der Waals surface area contributed by atoms with Gasteiger partial charge in [-0.3, -0.25) is 4.79 Å². The molecule has 22 heavy (non-hydrogen) atoms. The van der Waals surface area contributed by atoms with E-state index in [0.29, 0.717) is 12.8 Å². The first-order chi connectivity index (χ1) is 10.1. The summed E-state index contributed by atoms with van der Waals surface area (Å²) in [6.45, 7) is 9.67. The molecule has 2 rings (SSSR count). The zero-order chi connectivity index (χ0) is 16.8. The normalized spacial score (nSPS) is 19.6. The predicted molar refractivity (Wildman–Crippen MR) is 84.7 cm³/mol. The van der Waals surface area contributed by atoms with Gasteiger partial charge in [0.05, 0.1) is 4.90 Å². The van der Waals surface area contributed by atoms with E-state index in [-0.39, 0.29) is 11.4 Å². The lowest BCUT2D eigenvalue weighted by atomic mass is 9.95. The van der Waals surface area contributed by atoms with Crippen LogP contribution in [0, 0.1) is 34.6 Å². The Hall–Kier alpha value is -1.40. The van der Waals surface area contributed by atoms with Crippen molar-refractivity contribution < 1.29 is 18.3 Å². The summed E-state index contributed by atoms with van der Waals surface area (Å²) in [5.41, 5.74) is 4.43. The van der Waals surface area contributed by atoms with Gasteiger partial charge in [0.25, 0.3) is 0 Å². The Bertz CT molecular complexity index is 708. The fourth-order valence-corrected chi connectivity index (χ4v) is 5.46. The number of rotatable bonds is 3. The third kappa shape index (κ3) is 2.44. The van der Waals surface area contributed by atoms with Crippen LogP contribution in [0.15, 0.2) is 4.90 Å². The van der Waals surface area contributed by atoms with Crippen LogP contribution in [0.25, 0.3) is 0 Å². The molecule has 0 aromatic heterocycles. The molecule has 1 aromatic rings. The zero-order valence-electron chi connectivity index (χ0n) is 13.7. The summed E-state index contributed by atoms with van der Waals surface area (Å²) in [4.78, 5) is 11.6. The van der Waals surface area contributed by atoms with Crippen molar-refractivity contribution >= 4 is 16.0 Å². The number of carboxylic acid groups (broad SMARTS) is 1. The van der Waals surface area contributed by atoms with Crippen molar-refractivity contribution in [1.82, 2.24) is 4.31 Å². The molecule has 1 fully saturated rings. The Morgan fingerprint density at radius 3 is 1.91 bits per heavy atom. The summed E-state index contributed by atoms with van der Waals surface area (Å²) < 4.78 is 27.3. The van der Waals surface area contributed by atoms with Gasteiger partial charge >= 0.3 is 5.97 Å². The molecule has 0 bridgehead atoms. The summed E-state index contributed by atoms with van der Waals surface area (Å²) in [6.07, 6.45) is 0.953. The Balaban J connectivity index is 2.68. The maximum atomic E-state index is 13.1. The van der Waals surface area contributed by atoms with Crippen molar-refractivity contribution in [3.05, 3.63) is 27.8 Å².